The van der Waals surface area contributed by atoms with E-state index in [1.807, 2.05) is 42.5 Å². The molecule has 2 nitrogen and oxygen atoms in total. The van der Waals surface area contributed by atoms with Crippen LogP contribution in [0.15, 0.2) is 96.1 Å². The molecule has 0 spiro atoms. The molecule has 0 saturated carbocycles. The Morgan fingerprint density at radius 3 is 1.79 bits per heavy atom. The lowest BCUT2D eigenvalue weighted by Gasteiger charge is -2.04. The normalized spacial score (nSPS) is 13.0. The molecule has 0 fully saturated rings. The van der Waals surface area contributed by atoms with Crippen molar-refractivity contribution in [2.24, 2.45) is 5.10 Å². The van der Waals surface area contributed by atoms with Gasteiger partial charge < -0.3 is 0 Å². The zero-order valence-electron chi connectivity index (χ0n) is 13.3. The van der Waals surface area contributed by atoms with Crippen LogP contribution in [-0.2, 0) is 0 Å². The van der Waals surface area contributed by atoms with E-state index in [0.29, 0.717) is 0 Å². The van der Waals surface area contributed by atoms with Gasteiger partial charge in [-0.05, 0) is 22.8 Å². The van der Waals surface area contributed by atoms with Crippen molar-refractivity contribution in [1.29, 1.82) is 0 Å². The molecule has 0 atom stereocenters. The van der Waals surface area contributed by atoms with E-state index in [0.717, 1.165) is 24.2 Å². The first-order valence-corrected chi connectivity index (χ1v) is 8.33. The lowest BCUT2D eigenvalue weighted by atomic mass is 10.0. The number of benzene rings is 3. The Hall–Kier alpha value is -2.58. The zero-order chi connectivity index (χ0) is 16.6. The molecular formula is C21H19ClN2. The van der Waals surface area contributed by atoms with Gasteiger partial charge in [0.05, 0.1) is 12.3 Å². The highest BCUT2D eigenvalue weighted by Crippen LogP contribution is 2.22. The quantitative estimate of drug-likeness (QED) is 0.557. The van der Waals surface area contributed by atoms with E-state index in [1.54, 1.807) is 0 Å². The maximum absolute atomic E-state index is 5.86. The van der Waals surface area contributed by atoms with Gasteiger partial charge in [-0.1, -0.05) is 84.9 Å². The molecule has 1 aliphatic heterocycles. The van der Waals surface area contributed by atoms with Gasteiger partial charge in [-0.25, -0.2) is 4.53 Å². The van der Waals surface area contributed by atoms with Crippen LogP contribution in [0.4, 0.5) is 0 Å². The molecule has 0 saturated heterocycles. The minimum atomic E-state index is 0.784. The molecule has 24 heavy (non-hydrogen) atoms. The second-order valence-corrected chi connectivity index (χ2v) is 5.85. The van der Waals surface area contributed by atoms with Gasteiger partial charge in [0.25, 0.3) is 0 Å². The highest BCUT2D eigenvalue weighted by Gasteiger charge is 2.14. The van der Waals surface area contributed by atoms with Crippen molar-refractivity contribution in [2.75, 3.05) is 6.54 Å². The summed E-state index contributed by atoms with van der Waals surface area (Å²) < 4.78 is 1.48. The summed E-state index contributed by atoms with van der Waals surface area (Å²) in [5, 5.41) is 4.31. The molecular weight excluding hydrogens is 316 g/mol. The molecule has 0 amide bonds. The van der Waals surface area contributed by atoms with Gasteiger partial charge in [-0.2, -0.15) is 5.10 Å². The van der Waals surface area contributed by atoms with Crippen LogP contribution in [0, 0.1) is 0 Å². The maximum Gasteiger partial charge on any atom is 0.0711 e. The average molecular weight is 335 g/mol. The first-order chi connectivity index (χ1) is 11.8. The van der Waals surface area contributed by atoms with Gasteiger partial charge in [-0.3, -0.25) is 0 Å². The second-order valence-electron chi connectivity index (χ2n) is 5.46. The predicted octanol–water partition coefficient (Wildman–Crippen LogP) is 5.60. The Morgan fingerprint density at radius 2 is 1.21 bits per heavy atom. The van der Waals surface area contributed by atoms with Crippen molar-refractivity contribution in [3.63, 3.8) is 0 Å². The smallest absolute Gasteiger partial charge is 0.0711 e. The Labute approximate surface area is 148 Å². The highest BCUT2D eigenvalue weighted by atomic mass is 35.5. The summed E-state index contributed by atoms with van der Waals surface area (Å²) in [6.07, 6.45) is 0.905. The van der Waals surface area contributed by atoms with Gasteiger partial charge in [0.15, 0.2) is 0 Å². The van der Waals surface area contributed by atoms with E-state index in [4.69, 9.17) is 11.8 Å². The molecule has 4 rings (SSSR count). The third kappa shape index (κ3) is 4.46. The standard InChI is InChI=1S/C15H13ClN2.C6H6/c16-18-10-9-15(17-18)14-8-4-7-13(11-14)12-5-2-1-3-6-12;1-2-4-6-5-3-1/h1-8,11H,9-10H2;1-6H. The lowest BCUT2D eigenvalue weighted by Crippen LogP contribution is -1.97. The second kappa shape index (κ2) is 8.32. The molecule has 120 valence electrons. The summed E-state index contributed by atoms with van der Waals surface area (Å²) in [5.74, 6) is 0. The van der Waals surface area contributed by atoms with Crippen molar-refractivity contribution < 1.29 is 0 Å². The number of hydrazone groups is 1. The molecule has 0 aliphatic carbocycles. The summed E-state index contributed by atoms with van der Waals surface area (Å²) >= 11 is 5.86. The SMILES string of the molecule is ClN1CCC(c2cccc(-c3ccccc3)c2)=N1.c1ccccc1. The van der Waals surface area contributed by atoms with Crippen molar-refractivity contribution in [2.45, 2.75) is 6.42 Å². The van der Waals surface area contributed by atoms with Gasteiger partial charge >= 0.3 is 0 Å². The van der Waals surface area contributed by atoms with E-state index < -0.39 is 0 Å². The molecule has 3 aromatic rings. The number of hydrogen-bond donors (Lipinski definition) is 0. The van der Waals surface area contributed by atoms with E-state index in [9.17, 15) is 0 Å². The Bertz CT molecular complexity index is 758. The molecule has 3 heteroatoms. The lowest BCUT2D eigenvalue weighted by molar-refractivity contribution is 0.536. The van der Waals surface area contributed by atoms with Gasteiger partial charge in [0.1, 0.15) is 0 Å². The molecule has 3 aromatic carbocycles. The summed E-state index contributed by atoms with van der Waals surface area (Å²) in [6.45, 7) is 0.784. The van der Waals surface area contributed by atoms with Gasteiger partial charge in [-0.15, -0.1) is 0 Å². The number of hydrogen-bond acceptors (Lipinski definition) is 2. The summed E-state index contributed by atoms with van der Waals surface area (Å²) in [7, 11) is 0. The molecule has 1 aliphatic rings. The highest BCUT2D eigenvalue weighted by molar-refractivity contribution is 6.15. The molecule has 0 bridgehead atoms. The third-order valence-corrected chi connectivity index (χ3v) is 3.98. The summed E-state index contributed by atoms with van der Waals surface area (Å²) in [6, 6.07) is 30.8. The van der Waals surface area contributed by atoms with Crippen molar-refractivity contribution in [3.8, 4) is 11.1 Å². The first-order valence-electron chi connectivity index (χ1n) is 7.99. The summed E-state index contributed by atoms with van der Waals surface area (Å²) in [5.41, 5.74) is 4.65. The minimum absolute atomic E-state index is 0.784. The molecule has 0 aromatic heterocycles. The topological polar surface area (TPSA) is 15.6 Å². The zero-order valence-corrected chi connectivity index (χ0v) is 14.1. The van der Waals surface area contributed by atoms with Crippen LogP contribution in [-0.4, -0.2) is 16.8 Å². The van der Waals surface area contributed by atoms with E-state index in [2.05, 4.69) is 53.6 Å². The average Bonchev–Trinajstić information content (AvgIpc) is 3.11. The van der Waals surface area contributed by atoms with Crippen molar-refractivity contribution in [1.82, 2.24) is 4.53 Å². The molecule has 1 heterocycles. The van der Waals surface area contributed by atoms with E-state index in [1.165, 1.54) is 15.7 Å². The fourth-order valence-electron chi connectivity index (χ4n) is 2.52. The monoisotopic (exact) mass is 334 g/mol. The first kappa shape index (κ1) is 16.3. The summed E-state index contributed by atoms with van der Waals surface area (Å²) in [4.78, 5) is 0. The van der Waals surface area contributed by atoms with E-state index >= 15 is 0 Å². The maximum atomic E-state index is 5.86. The minimum Gasteiger partial charge on any atom is -0.205 e. The van der Waals surface area contributed by atoms with Crippen LogP contribution in [0.2, 0.25) is 0 Å². The number of rotatable bonds is 2. The Kier molecular flexibility index (Phi) is 5.65. The Balaban J connectivity index is 0.000000238. The van der Waals surface area contributed by atoms with Gasteiger partial charge in [0, 0.05) is 18.2 Å². The fraction of sp³-hybridized carbons (Fsp3) is 0.0952. The predicted molar refractivity (Wildman–Crippen MR) is 102 cm³/mol. The fourth-order valence-corrected chi connectivity index (χ4v) is 2.70. The van der Waals surface area contributed by atoms with Crippen molar-refractivity contribution in [3.05, 3.63) is 96.6 Å². The number of nitrogens with zero attached hydrogens (tertiary/aromatic N) is 2. The molecule has 0 radical (unpaired) electrons. The number of halogens is 1. The van der Waals surface area contributed by atoms with Crippen LogP contribution in [0.1, 0.15) is 12.0 Å². The van der Waals surface area contributed by atoms with Crippen LogP contribution >= 0.6 is 11.8 Å². The molecule has 0 unspecified atom stereocenters. The van der Waals surface area contributed by atoms with E-state index in [-0.39, 0.29) is 0 Å². The largest absolute Gasteiger partial charge is 0.205 e. The van der Waals surface area contributed by atoms with Crippen LogP contribution in [0.5, 0.6) is 0 Å². The van der Waals surface area contributed by atoms with Crippen LogP contribution in [0.25, 0.3) is 11.1 Å². The van der Waals surface area contributed by atoms with Crippen LogP contribution < -0.4 is 0 Å². The third-order valence-electron chi connectivity index (χ3n) is 3.73. The molecule has 0 N–H and O–H groups in total. The van der Waals surface area contributed by atoms with Crippen molar-refractivity contribution >= 4 is 17.5 Å². The van der Waals surface area contributed by atoms with Gasteiger partial charge in [0.2, 0.25) is 0 Å². The van der Waals surface area contributed by atoms with Crippen LogP contribution in [0.3, 0.4) is 0 Å². The Morgan fingerprint density at radius 1 is 0.667 bits per heavy atom.